The molecule has 2 heterocycles. The molecule has 0 aliphatic heterocycles. The lowest BCUT2D eigenvalue weighted by molar-refractivity contribution is 0.0661. The molecule has 0 amide bonds. The van der Waals surface area contributed by atoms with Gasteiger partial charge in [-0.2, -0.15) is 5.10 Å². The highest BCUT2D eigenvalue weighted by Gasteiger charge is 2.10. The van der Waals surface area contributed by atoms with Gasteiger partial charge in [-0.15, -0.1) is 0 Å². The molecular formula is C9H9N3O3S. The lowest BCUT2D eigenvalue weighted by Crippen LogP contribution is -1.93. The lowest BCUT2D eigenvalue weighted by atomic mass is 10.4. The molecule has 2 aromatic heterocycles. The number of hydrogen-bond acceptors (Lipinski definition) is 5. The van der Waals surface area contributed by atoms with E-state index in [0.29, 0.717) is 11.5 Å². The average molecular weight is 239 g/mol. The van der Waals surface area contributed by atoms with Crippen LogP contribution in [0.25, 0.3) is 0 Å². The van der Waals surface area contributed by atoms with Gasteiger partial charge in [0.15, 0.2) is 5.16 Å². The minimum Gasteiger partial charge on any atom is -0.475 e. The van der Waals surface area contributed by atoms with Crippen molar-refractivity contribution in [2.24, 2.45) is 7.05 Å². The zero-order chi connectivity index (χ0) is 11.5. The van der Waals surface area contributed by atoms with Crippen molar-refractivity contribution < 1.29 is 14.3 Å². The number of aromatic carboxylic acids is 1. The minimum atomic E-state index is -1.06. The molecule has 0 aliphatic rings. The second-order valence-electron chi connectivity index (χ2n) is 3.03. The molecule has 6 nitrogen and oxygen atoms in total. The lowest BCUT2D eigenvalue weighted by Gasteiger charge is -1.97. The van der Waals surface area contributed by atoms with Gasteiger partial charge in [-0.3, -0.25) is 0 Å². The summed E-state index contributed by atoms with van der Waals surface area (Å²) in [5.41, 5.74) is 0. The fraction of sp³-hybridized carbons (Fsp3) is 0.222. The predicted molar refractivity (Wildman–Crippen MR) is 56.2 cm³/mol. The number of thioether (sulfide) groups is 1. The zero-order valence-electron chi connectivity index (χ0n) is 8.45. The number of rotatable bonds is 4. The molecule has 7 heteroatoms. The highest BCUT2D eigenvalue weighted by Crippen LogP contribution is 2.21. The van der Waals surface area contributed by atoms with Crippen LogP contribution in [-0.2, 0) is 12.8 Å². The summed E-state index contributed by atoms with van der Waals surface area (Å²) in [7, 11) is 1.79. The number of carbonyl (C=O) groups is 1. The summed E-state index contributed by atoms with van der Waals surface area (Å²) in [6.07, 6.45) is 1.47. The molecule has 16 heavy (non-hydrogen) atoms. The fourth-order valence-electron chi connectivity index (χ4n) is 1.12. The van der Waals surface area contributed by atoms with Crippen molar-refractivity contribution in [3.63, 3.8) is 0 Å². The number of furan rings is 1. The quantitative estimate of drug-likeness (QED) is 0.812. The third-order valence-electron chi connectivity index (χ3n) is 1.89. The van der Waals surface area contributed by atoms with E-state index in [1.807, 2.05) is 0 Å². The Balaban J connectivity index is 2.00. The maximum absolute atomic E-state index is 10.6. The van der Waals surface area contributed by atoms with Crippen molar-refractivity contribution >= 4 is 17.7 Å². The summed E-state index contributed by atoms with van der Waals surface area (Å²) in [5, 5.41) is 13.3. The van der Waals surface area contributed by atoms with Crippen LogP contribution in [0.5, 0.6) is 0 Å². The highest BCUT2D eigenvalue weighted by molar-refractivity contribution is 7.98. The first-order chi connectivity index (χ1) is 7.66. The summed E-state index contributed by atoms with van der Waals surface area (Å²) in [5.74, 6) is 0.0219. The maximum Gasteiger partial charge on any atom is 0.371 e. The monoisotopic (exact) mass is 239 g/mol. The molecule has 0 saturated carbocycles. The van der Waals surface area contributed by atoms with Crippen LogP contribution in [0.15, 0.2) is 28.0 Å². The van der Waals surface area contributed by atoms with E-state index in [0.717, 1.165) is 5.16 Å². The number of carboxylic acids is 1. The summed E-state index contributed by atoms with van der Waals surface area (Å²) >= 11 is 1.43. The molecule has 0 aliphatic carbocycles. The van der Waals surface area contributed by atoms with Gasteiger partial charge in [0.25, 0.3) is 0 Å². The number of aryl methyl sites for hydroxylation is 1. The molecule has 0 spiro atoms. The Bertz CT molecular complexity index is 506. The number of nitrogens with zero attached hydrogens (tertiary/aromatic N) is 3. The first-order valence-electron chi connectivity index (χ1n) is 4.45. The van der Waals surface area contributed by atoms with Gasteiger partial charge in [0.1, 0.15) is 12.1 Å². The van der Waals surface area contributed by atoms with E-state index >= 15 is 0 Å². The van der Waals surface area contributed by atoms with E-state index in [1.54, 1.807) is 17.8 Å². The second-order valence-corrected chi connectivity index (χ2v) is 3.97. The molecule has 2 rings (SSSR count). The van der Waals surface area contributed by atoms with Gasteiger partial charge in [-0.1, -0.05) is 11.8 Å². The smallest absolute Gasteiger partial charge is 0.371 e. The first kappa shape index (κ1) is 10.7. The van der Waals surface area contributed by atoms with Gasteiger partial charge in [0.05, 0.1) is 5.75 Å². The van der Waals surface area contributed by atoms with Gasteiger partial charge < -0.3 is 9.52 Å². The van der Waals surface area contributed by atoms with Gasteiger partial charge in [-0.05, 0) is 12.1 Å². The Kier molecular flexibility index (Phi) is 2.95. The summed E-state index contributed by atoms with van der Waals surface area (Å²) in [4.78, 5) is 14.6. The third kappa shape index (κ3) is 2.25. The SMILES string of the molecule is Cn1ncnc1SCc1ccc(C(=O)O)o1. The Labute approximate surface area is 95.3 Å². The summed E-state index contributed by atoms with van der Waals surface area (Å²) in [6, 6.07) is 3.09. The Morgan fingerprint density at radius 2 is 2.44 bits per heavy atom. The van der Waals surface area contributed by atoms with Gasteiger partial charge in [-0.25, -0.2) is 14.5 Å². The molecule has 0 atom stereocenters. The molecule has 0 unspecified atom stereocenters. The number of aromatic nitrogens is 3. The zero-order valence-corrected chi connectivity index (χ0v) is 9.27. The fourth-order valence-corrected chi connectivity index (χ4v) is 1.90. The van der Waals surface area contributed by atoms with Gasteiger partial charge >= 0.3 is 5.97 Å². The molecule has 0 radical (unpaired) electrons. The van der Waals surface area contributed by atoms with E-state index in [4.69, 9.17) is 9.52 Å². The predicted octanol–water partition coefficient (Wildman–Crippen LogP) is 1.40. The molecule has 84 valence electrons. The molecule has 0 saturated heterocycles. The molecule has 0 aromatic carbocycles. The minimum absolute atomic E-state index is 0.0476. The van der Waals surface area contributed by atoms with Crippen molar-refractivity contribution in [3.05, 3.63) is 30.0 Å². The standard InChI is InChI=1S/C9H9N3O3S/c1-12-9(10-5-11-12)16-4-6-2-3-7(15-6)8(13)14/h2-3,5H,4H2,1H3,(H,13,14). The summed E-state index contributed by atoms with van der Waals surface area (Å²) < 4.78 is 6.75. The summed E-state index contributed by atoms with van der Waals surface area (Å²) in [6.45, 7) is 0. The van der Waals surface area contributed by atoms with E-state index in [-0.39, 0.29) is 5.76 Å². The van der Waals surface area contributed by atoms with Crippen LogP contribution < -0.4 is 0 Å². The highest BCUT2D eigenvalue weighted by atomic mass is 32.2. The molecule has 1 N–H and O–H groups in total. The topological polar surface area (TPSA) is 81.2 Å². The van der Waals surface area contributed by atoms with E-state index < -0.39 is 5.97 Å². The van der Waals surface area contributed by atoms with Crippen LogP contribution in [0, 0.1) is 0 Å². The van der Waals surface area contributed by atoms with E-state index in [2.05, 4.69) is 10.1 Å². The second kappa shape index (κ2) is 4.40. The number of hydrogen-bond donors (Lipinski definition) is 1. The van der Waals surface area contributed by atoms with Crippen molar-refractivity contribution in [2.75, 3.05) is 0 Å². The van der Waals surface area contributed by atoms with Crippen molar-refractivity contribution in [1.29, 1.82) is 0 Å². The Morgan fingerprint density at radius 1 is 1.62 bits per heavy atom. The van der Waals surface area contributed by atoms with Crippen LogP contribution >= 0.6 is 11.8 Å². The van der Waals surface area contributed by atoms with Crippen LogP contribution in [0.1, 0.15) is 16.3 Å². The molecule has 0 bridgehead atoms. The molecule has 2 aromatic rings. The Hall–Kier alpha value is -1.76. The van der Waals surface area contributed by atoms with Crippen molar-refractivity contribution in [2.45, 2.75) is 10.9 Å². The molecule has 0 fully saturated rings. The average Bonchev–Trinajstić information content (AvgIpc) is 2.83. The van der Waals surface area contributed by atoms with Gasteiger partial charge in [0.2, 0.25) is 5.76 Å². The van der Waals surface area contributed by atoms with E-state index in [9.17, 15) is 4.79 Å². The Morgan fingerprint density at radius 3 is 3.00 bits per heavy atom. The van der Waals surface area contributed by atoms with E-state index in [1.165, 1.54) is 24.2 Å². The normalized spacial score (nSPS) is 10.6. The van der Waals surface area contributed by atoms with Gasteiger partial charge in [0, 0.05) is 7.05 Å². The van der Waals surface area contributed by atoms with Crippen LogP contribution in [0.3, 0.4) is 0 Å². The largest absolute Gasteiger partial charge is 0.475 e. The van der Waals surface area contributed by atoms with Crippen LogP contribution in [0.4, 0.5) is 0 Å². The molecular weight excluding hydrogens is 230 g/mol. The van der Waals surface area contributed by atoms with Crippen molar-refractivity contribution in [1.82, 2.24) is 14.8 Å². The third-order valence-corrected chi connectivity index (χ3v) is 2.94. The van der Waals surface area contributed by atoms with Crippen LogP contribution in [-0.4, -0.2) is 25.8 Å². The number of carboxylic acid groups (broad SMARTS) is 1. The maximum atomic E-state index is 10.6. The van der Waals surface area contributed by atoms with Crippen LogP contribution in [0.2, 0.25) is 0 Å². The van der Waals surface area contributed by atoms with Crippen molar-refractivity contribution in [3.8, 4) is 0 Å². The first-order valence-corrected chi connectivity index (χ1v) is 5.44.